The van der Waals surface area contributed by atoms with Crippen LogP contribution in [-0.4, -0.2) is 37.6 Å². The maximum Gasteiger partial charge on any atom is 0.209 e. The van der Waals surface area contributed by atoms with Crippen molar-refractivity contribution in [1.82, 2.24) is 4.90 Å². The van der Waals surface area contributed by atoms with E-state index in [1.54, 1.807) is 14.1 Å². The van der Waals surface area contributed by atoms with E-state index < -0.39 is 0 Å². The minimum absolute atomic E-state index is 0.250. The Hall–Kier alpha value is -0.570. The van der Waals surface area contributed by atoms with Crippen molar-refractivity contribution >= 4 is 6.41 Å². The van der Waals surface area contributed by atoms with Crippen LogP contribution in [0.3, 0.4) is 0 Å². The van der Waals surface area contributed by atoms with E-state index in [1.165, 1.54) is 4.90 Å². The highest BCUT2D eigenvalue weighted by molar-refractivity contribution is 5.45. The Bertz CT molecular complexity index is 104. The summed E-state index contributed by atoms with van der Waals surface area (Å²) in [4.78, 5) is 10.9. The molecule has 0 aromatic carbocycles. The predicted octanol–water partition coefficient (Wildman–Crippen LogP) is 0.500. The van der Waals surface area contributed by atoms with E-state index in [0.29, 0.717) is 0 Å². The molecule has 0 saturated carbocycles. The van der Waals surface area contributed by atoms with Gasteiger partial charge in [0.2, 0.25) is 6.41 Å². The van der Waals surface area contributed by atoms with Crippen molar-refractivity contribution in [3.63, 3.8) is 0 Å². The molecule has 1 aliphatic rings. The van der Waals surface area contributed by atoms with Crippen LogP contribution in [0.15, 0.2) is 0 Å². The first-order chi connectivity index (χ1) is 4.48. The second-order valence-corrected chi connectivity index (χ2v) is 3.12. The summed E-state index contributed by atoms with van der Waals surface area (Å²) < 4.78 is 4.90. The maximum atomic E-state index is 9.43. The zero-order valence-corrected chi connectivity index (χ0v) is 7.05. The predicted molar refractivity (Wildman–Crippen MR) is 39.8 cm³/mol. The summed E-state index contributed by atoms with van der Waals surface area (Å²) in [5.74, 6) is 0. The van der Waals surface area contributed by atoms with Gasteiger partial charge < -0.3 is 9.64 Å². The number of ether oxygens (including phenoxy) is 1. The Labute approximate surface area is 62.0 Å². The van der Waals surface area contributed by atoms with E-state index in [0.717, 1.165) is 13.0 Å². The van der Waals surface area contributed by atoms with Crippen LogP contribution in [0.5, 0.6) is 0 Å². The van der Waals surface area contributed by atoms with Gasteiger partial charge in [0.05, 0.1) is 12.2 Å². The number of epoxide rings is 1. The molecule has 3 heteroatoms. The minimum atomic E-state index is 0.250. The van der Waals surface area contributed by atoms with Gasteiger partial charge in [-0.05, 0) is 13.8 Å². The van der Waals surface area contributed by atoms with Crippen LogP contribution in [0, 0.1) is 0 Å². The van der Waals surface area contributed by atoms with Crippen molar-refractivity contribution in [1.29, 1.82) is 0 Å². The van der Waals surface area contributed by atoms with Gasteiger partial charge in [0.15, 0.2) is 0 Å². The van der Waals surface area contributed by atoms with Crippen LogP contribution < -0.4 is 0 Å². The molecule has 0 N–H and O–H groups in total. The standard InChI is InChI=1S/C4H8O.C3H7NO/c1-4(2)3-5-4;1-4(2)3-5/h3H2,1-2H3;3H,1-2H3. The summed E-state index contributed by atoms with van der Waals surface area (Å²) in [7, 11) is 3.38. The Morgan fingerprint density at radius 1 is 1.50 bits per heavy atom. The van der Waals surface area contributed by atoms with E-state index in [-0.39, 0.29) is 5.60 Å². The number of carbonyl (C=O) groups is 1. The monoisotopic (exact) mass is 145 g/mol. The van der Waals surface area contributed by atoms with Crippen LogP contribution in [0.2, 0.25) is 0 Å². The lowest BCUT2D eigenvalue weighted by atomic mass is 10.3. The average molecular weight is 145 g/mol. The van der Waals surface area contributed by atoms with Crippen molar-refractivity contribution in [2.24, 2.45) is 0 Å². The third kappa shape index (κ3) is 7.43. The van der Waals surface area contributed by atoms with Crippen LogP contribution in [0.1, 0.15) is 13.8 Å². The topological polar surface area (TPSA) is 32.8 Å². The molecule has 60 valence electrons. The van der Waals surface area contributed by atoms with E-state index in [1.807, 2.05) is 0 Å². The normalized spacial score (nSPS) is 18.4. The van der Waals surface area contributed by atoms with Gasteiger partial charge in [0.1, 0.15) is 0 Å². The smallest absolute Gasteiger partial charge is 0.209 e. The summed E-state index contributed by atoms with van der Waals surface area (Å²) in [6.07, 6.45) is 0.750. The third-order valence-electron chi connectivity index (χ3n) is 0.933. The van der Waals surface area contributed by atoms with Gasteiger partial charge in [-0.15, -0.1) is 0 Å². The van der Waals surface area contributed by atoms with Gasteiger partial charge in [-0.2, -0.15) is 0 Å². The molecule has 1 fully saturated rings. The Morgan fingerprint density at radius 2 is 1.70 bits per heavy atom. The molecule has 1 saturated heterocycles. The van der Waals surface area contributed by atoms with Crippen molar-refractivity contribution in [3.8, 4) is 0 Å². The SMILES string of the molecule is CC1(C)CO1.CN(C)C=O. The molecule has 0 aliphatic carbocycles. The second kappa shape index (κ2) is 3.56. The zero-order valence-electron chi connectivity index (χ0n) is 7.05. The van der Waals surface area contributed by atoms with Crippen molar-refractivity contribution in [3.05, 3.63) is 0 Å². The summed E-state index contributed by atoms with van der Waals surface area (Å²) in [5, 5.41) is 0. The highest BCUT2D eigenvalue weighted by Gasteiger charge is 2.32. The number of hydrogen-bond donors (Lipinski definition) is 0. The van der Waals surface area contributed by atoms with E-state index in [4.69, 9.17) is 4.74 Å². The molecule has 1 aliphatic heterocycles. The fourth-order valence-electron chi connectivity index (χ4n) is 0.144. The van der Waals surface area contributed by atoms with Crippen LogP contribution in [0.4, 0.5) is 0 Å². The molecule has 1 heterocycles. The van der Waals surface area contributed by atoms with Gasteiger partial charge in [-0.3, -0.25) is 4.79 Å². The lowest BCUT2D eigenvalue weighted by Crippen LogP contribution is -2.06. The summed E-state index contributed by atoms with van der Waals surface area (Å²) in [6.45, 7) is 5.10. The van der Waals surface area contributed by atoms with Crippen LogP contribution in [-0.2, 0) is 9.53 Å². The number of carbonyl (C=O) groups excluding carboxylic acids is 1. The van der Waals surface area contributed by atoms with E-state index in [9.17, 15) is 4.79 Å². The first-order valence-corrected chi connectivity index (χ1v) is 3.23. The van der Waals surface area contributed by atoms with Crippen LogP contribution >= 0.6 is 0 Å². The molecule has 1 rings (SSSR count). The lowest BCUT2D eigenvalue weighted by molar-refractivity contribution is -0.115. The van der Waals surface area contributed by atoms with Gasteiger partial charge in [0, 0.05) is 14.1 Å². The molecule has 3 nitrogen and oxygen atoms in total. The third-order valence-corrected chi connectivity index (χ3v) is 0.933. The number of amides is 1. The minimum Gasteiger partial charge on any atom is -0.370 e. The molecule has 0 unspecified atom stereocenters. The Morgan fingerprint density at radius 3 is 1.70 bits per heavy atom. The molecule has 0 atom stereocenters. The molecular formula is C7H15NO2. The van der Waals surface area contributed by atoms with Crippen molar-refractivity contribution in [2.75, 3.05) is 20.7 Å². The largest absolute Gasteiger partial charge is 0.370 e. The zero-order chi connectivity index (χ0) is 8.20. The highest BCUT2D eigenvalue weighted by Crippen LogP contribution is 2.23. The Balaban J connectivity index is 0.000000162. The molecular weight excluding hydrogens is 130 g/mol. The lowest BCUT2D eigenvalue weighted by Gasteiger charge is -1.93. The second-order valence-electron chi connectivity index (χ2n) is 3.12. The quantitative estimate of drug-likeness (QED) is 0.397. The summed E-state index contributed by atoms with van der Waals surface area (Å²) in [5.41, 5.74) is 0.250. The Kier molecular flexibility index (Phi) is 3.36. The molecule has 0 spiro atoms. The van der Waals surface area contributed by atoms with Gasteiger partial charge in [-0.25, -0.2) is 0 Å². The highest BCUT2D eigenvalue weighted by atomic mass is 16.6. The molecule has 0 aromatic rings. The molecule has 0 bridgehead atoms. The molecule has 0 aromatic heterocycles. The van der Waals surface area contributed by atoms with Gasteiger partial charge >= 0.3 is 0 Å². The van der Waals surface area contributed by atoms with Crippen molar-refractivity contribution < 1.29 is 9.53 Å². The van der Waals surface area contributed by atoms with E-state index in [2.05, 4.69) is 13.8 Å². The fraction of sp³-hybridized carbons (Fsp3) is 0.857. The number of rotatable bonds is 1. The van der Waals surface area contributed by atoms with Crippen molar-refractivity contribution in [2.45, 2.75) is 19.4 Å². The molecule has 10 heavy (non-hydrogen) atoms. The molecule has 0 radical (unpaired) electrons. The number of hydrogen-bond acceptors (Lipinski definition) is 2. The summed E-state index contributed by atoms with van der Waals surface area (Å²) in [6, 6.07) is 0. The fourth-order valence-corrected chi connectivity index (χ4v) is 0.144. The molecule has 1 amide bonds. The van der Waals surface area contributed by atoms with Gasteiger partial charge in [0.25, 0.3) is 0 Å². The van der Waals surface area contributed by atoms with E-state index >= 15 is 0 Å². The first-order valence-electron chi connectivity index (χ1n) is 3.23. The maximum absolute atomic E-state index is 9.43. The van der Waals surface area contributed by atoms with Gasteiger partial charge in [-0.1, -0.05) is 0 Å². The average Bonchev–Trinajstić information content (AvgIpc) is 2.48. The van der Waals surface area contributed by atoms with Crippen LogP contribution in [0.25, 0.3) is 0 Å². The number of nitrogens with zero attached hydrogens (tertiary/aromatic N) is 1. The summed E-state index contributed by atoms with van der Waals surface area (Å²) >= 11 is 0. The first kappa shape index (κ1) is 9.43.